The Morgan fingerprint density at radius 3 is 2.25 bits per heavy atom. The first-order valence-electron chi connectivity index (χ1n) is 7.30. The van der Waals surface area contributed by atoms with Crippen LogP contribution in [0, 0.1) is 0 Å². The van der Waals surface area contributed by atoms with Gasteiger partial charge in [-0.05, 0) is 17.7 Å². The van der Waals surface area contributed by atoms with Gasteiger partial charge in [0.1, 0.15) is 6.04 Å². The highest BCUT2D eigenvalue weighted by molar-refractivity contribution is 7.98. The van der Waals surface area contributed by atoms with E-state index in [-0.39, 0.29) is 10.6 Å². The number of benzene rings is 2. The van der Waals surface area contributed by atoms with Gasteiger partial charge in [0.25, 0.3) is 0 Å². The van der Waals surface area contributed by atoms with Crippen molar-refractivity contribution >= 4 is 27.8 Å². The SMILES string of the molecule is COC(=O)C(CSCc1ccccc1)NS(=O)(=O)c1ccccc1. The Hall–Kier alpha value is -1.83. The lowest BCUT2D eigenvalue weighted by Gasteiger charge is -2.16. The van der Waals surface area contributed by atoms with Crippen molar-refractivity contribution in [3.63, 3.8) is 0 Å². The third-order valence-electron chi connectivity index (χ3n) is 3.23. The Kier molecular flexibility index (Phi) is 6.84. The van der Waals surface area contributed by atoms with E-state index in [1.807, 2.05) is 30.3 Å². The number of rotatable bonds is 8. The molecule has 2 rings (SSSR count). The van der Waals surface area contributed by atoms with Crippen LogP contribution in [-0.2, 0) is 25.3 Å². The molecule has 0 spiro atoms. The predicted octanol–water partition coefficient (Wildman–Crippen LogP) is 2.44. The first kappa shape index (κ1) is 18.5. The van der Waals surface area contributed by atoms with Gasteiger partial charge in [-0.25, -0.2) is 8.42 Å². The quantitative estimate of drug-likeness (QED) is 0.728. The molecule has 1 unspecified atom stereocenters. The van der Waals surface area contributed by atoms with Crippen molar-refractivity contribution in [2.45, 2.75) is 16.7 Å². The molecular formula is C17H19NO4S2. The second kappa shape index (κ2) is 8.86. The minimum Gasteiger partial charge on any atom is -0.468 e. The molecule has 0 saturated carbocycles. The summed E-state index contributed by atoms with van der Waals surface area (Å²) in [5.74, 6) is 0.366. The van der Waals surface area contributed by atoms with Gasteiger partial charge >= 0.3 is 5.97 Å². The van der Waals surface area contributed by atoms with Crippen LogP contribution in [0.1, 0.15) is 5.56 Å². The number of carbonyl (C=O) groups is 1. The summed E-state index contributed by atoms with van der Waals surface area (Å²) in [7, 11) is -2.53. The van der Waals surface area contributed by atoms with Crippen LogP contribution in [0.3, 0.4) is 0 Å². The number of ether oxygens (including phenoxy) is 1. The Morgan fingerprint density at radius 1 is 1.08 bits per heavy atom. The van der Waals surface area contributed by atoms with Crippen molar-refractivity contribution in [1.29, 1.82) is 0 Å². The zero-order chi connectivity index (χ0) is 17.4. The molecule has 0 heterocycles. The second-order valence-corrected chi connectivity index (χ2v) is 7.76. The number of carbonyl (C=O) groups excluding carboxylic acids is 1. The lowest BCUT2D eigenvalue weighted by molar-refractivity contribution is -0.141. The first-order valence-corrected chi connectivity index (χ1v) is 9.93. The summed E-state index contributed by atoms with van der Waals surface area (Å²) >= 11 is 1.47. The van der Waals surface area contributed by atoms with Crippen molar-refractivity contribution in [3.05, 3.63) is 66.2 Å². The number of sulfonamides is 1. The van der Waals surface area contributed by atoms with Gasteiger partial charge in [0.05, 0.1) is 12.0 Å². The zero-order valence-corrected chi connectivity index (χ0v) is 14.8. The third kappa shape index (κ3) is 5.36. The minimum atomic E-state index is -3.77. The summed E-state index contributed by atoms with van der Waals surface area (Å²) in [6.45, 7) is 0. The zero-order valence-electron chi connectivity index (χ0n) is 13.2. The van der Waals surface area contributed by atoms with E-state index in [1.54, 1.807) is 18.2 Å². The molecule has 128 valence electrons. The van der Waals surface area contributed by atoms with E-state index < -0.39 is 22.0 Å². The van der Waals surface area contributed by atoms with Gasteiger partial charge in [-0.3, -0.25) is 4.79 Å². The van der Waals surface area contributed by atoms with Crippen molar-refractivity contribution in [2.75, 3.05) is 12.9 Å². The van der Waals surface area contributed by atoms with Gasteiger partial charge in [0.2, 0.25) is 10.0 Å². The van der Waals surface area contributed by atoms with Crippen LogP contribution >= 0.6 is 11.8 Å². The smallest absolute Gasteiger partial charge is 0.324 e. The second-order valence-electron chi connectivity index (χ2n) is 5.01. The molecule has 24 heavy (non-hydrogen) atoms. The molecule has 0 fully saturated rings. The standard InChI is InChI=1S/C17H19NO4S2/c1-22-17(19)16(13-23-12-14-8-4-2-5-9-14)18-24(20,21)15-10-6-3-7-11-15/h2-11,16,18H,12-13H2,1H3. The average molecular weight is 365 g/mol. The lowest BCUT2D eigenvalue weighted by Crippen LogP contribution is -2.43. The van der Waals surface area contributed by atoms with E-state index in [0.717, 1.165) is 5.56 Å². The molecule has 5 nitrogen and oxygen atoms in total. The molecule has 1 atom stereocenters. The molecule has 0 aliphatic heterocycles. The molecular weight excluding hydrogens is 346 g/mol. The van der Waals surface area contributed by atoms with E-state index in [9.17, 15) is 13.2 Å². The maximum Gasteiger partial charge on any atom is 0.324 e. The number of hydrogen-bond donors (Lipinski definition) is 1. The summed E-state index contributed by atoms with van der Waals surface area (Å²) in [6.07, 6.45) is 0. The van der Waals surface area contributed by atoms with Gasteiger partial charge in [-0.15, -0.1) is 0 Å². The Bertz CT molecular complexity index is 749. The molecule has 0 aliphatic carbocycles. The number of hydrogen-bond acceptors (Lipinski definition) is 5. The van der Waals surface area contributed by atoms with E-state index in [1.165, 1.54) is 31.0 Å². The normalized spacial score (nSPS) is 12.5. The van der Waals surface area contributed by atoms with Gasteiger partial charge in [0, 0.05) is 11.5 Å². The number of esters is 1. The number of nitrogens with one attached hydrogen (secondary N) is 1. The van der Waals surface area contributed by atoms with Crippen molar-refractivity contribution in [2.24, 2.45) is 0 Å². The van der Waals surface area contributed by atoms with E-state index in [4.69, 9.17) is 4.74 Å². The lowest BCUT2D eigenvalue weighted by atomic mass is 10.2. The largest absolute Gasteiger partial charge is 0.468 e. The fourth-order valence-corrected chi connectivity index (χ4v) is 4.33. The van der Waals surface area contributed by atoms with Crippen LogP contribution in [0.4, 0.5) is 0 Å². The molecule has 2 aromatic carbocycles. The fourth-order valence-electron chi connectivity index (χ4n) is 2.02. The molecule has 0 saturated heterocycles. The van der Waals surface area contributed by atoms with Crippen LogP contribution in [-0.4, -0.2) is 33.3 Å². The molecule has 0 aromatic heterocycles. The van der Waals surface area contributed by atoms with Gasteiger partial charge in [-0.2, -0.15) is 16.5 Å². The summed E-state index contributed by atoms with van der Waals surface area (Å²) in [4.78, 5) is 12.0. The van der Waals surface area contributed by atoms with Crippen LogP contribution in [0.2, 0.25) is 0 Å². The van der Waals surface area contributed by atoms with Crippen LogP contribution in [0.5, 0.6) is 0 Å². The highest BCUT2D eigenvalue weighted by Crippen LogP contribution is 2.15. The Morgan fingerprint density at radius 2 is 1.67 bits per heavy atom. The molecule has 7 heteroatoms. The number of thioether (sulfide) groups is 1. The van der Waals surface area contributed by atoms with E-state index in [2.05, 4.69) is 4.72 Å². The summed E-state index contributed by atoms with van der Waals surface area (Å²) in [6, 6.07) is 16.8. The van der Waals surface area contributed by atoms with Crippen LogP contribution in [0.25, 0.3) is 0 Å². The molecule has 1 N–H and O–H groups in total. The topological polar surface area (TPSA) is 72.5 Å². The van der Waals surface area contributed by atoms with Gasteiger partial charge < -0.3 is 4.74 Å². The number of methoxy groups -OCH3 is 1. The molecule has 0 amide bonds. The van der Waals surface area contributed by atoms with Crippen molar-refractivity contribution < 1.29 is 17.9 Å². The molecule has 0 aliphatic rings. The summed E-state index contributed by atoms with van der Waals surface area (Å²) < 4.78 is 31.9. The monoisotopic (exact) mass is 365 g/mol. The maximum absolute atomic E-state index is 12.4. The Balaban J connectivity index is 2.02. The van der Waals surface area contributed by atoms with E-state index >= 15 is 0 Å². The molecule has 2 aromatic rings. The maximum atomic E-state index is 12.4. The summed E-state index contributed by atoms with van der Waals surface area (Å²) in [5, 5.41) is 0. The van der Waals surface area contributed by atoms with Crippen molar-refractivity contribution in [1.82, 2.24) is 4.72 Å². The first-order chi connectivity index (χ1) is 11.5. The van der Waals surface area contributed by atoms with Gasteiger partial charge in [0.15, 0.2) is 0 Å². The molecule has 0 bridgehead atoms. The highest BCUT2D eigenvalue weighted by atomic mass is 32.2. The fraction of sp³-hybridized carbons (Fsp3) is 0.235. The van der Waals surface area contributed by atoms with Crippen LogP contribution in [0.15, 0.2) is 65.6 Å². The Labute approximate surface area is 146 Å². The molecule has 0 radical (unpaired) electrons. The average Bonchev–Trinajstić information content (AvgIpc) is 2.62. The van der Waals surface area contributed by atoms with E-state index in [0.29, 0.717) is 5.75 Å². The third-order valence-corrected chi connectivity index (χ3v) is 5.83. The highest BCUT2D eigenvalue weighted by Gasteiger charge is 2.26. The summed E-state index contributed by atoms with van der Waals surface area (Å²) in [5.41, 5.74) is 1.11. The van der Waals surface area contributed by atoms with Crippen LogP contribution < -0.4 is 4.72 Å². The minimum absolute atomic E-state index is 0.118. The van der Waals surface area contributed by atoms with Crippen molar-refractivity contribution in [3.8, 4) is 0 Å². The predicted molar refractivity (Wildman–Crippen MR) is 95.2 cm³/mol. The van der Waals surface area contributed by atoms with Gasteiger partial charge in [-0.1, -0.05) is 48.5 Å².